The summed E-state index contributed by atoms with van der Waals surface area (Å²) in [6.07, 6.45) is -0.687. The van der Waals surface area contributed by atoms with Crippen LogP contribution in [0.2, 0.25) is 0 Å². The zero-order valence-electron chi connectivity index (χ0n) is 10.4. The molecule has 0 heterocycles. The van der Waals surface area contributed by atoms with E-state index >= 15 is 0 Å². The summed E-state index contributed by atoms with van der Waals surface area (Å²) in [5.74, 6) is 0.265. The number of halogens is 1. The third-order valence-electron chi connectivity index (χ3n) is 2.69. The maximum Gasteiger partial charge on any atom is 0.166 e. The van der Waals surface area contributed by atoms with Crippen molar-refractivity contribution in [3.63, 3.8) is 0 Å². The Morgan fingerprint density at radius 1 is 1.11 bits per heavy atom. The maximum absolute atomic E-state index is 13.7. The van der Waals surface area contributed by atoms with Gasteiger partial charge in [-0.05, 0) is 43.7 Å². The highest BCUT2D eigenvalue weighted by molar-refractivity contribution is 5.35. The van der Waals surface area contributed by atoms with E-state index in [1.165, 1.54) is 12.1 Å². The summed E-state index contributed by atoms with van der Waals surface area (Å²) in [7, 11) is 0. The number of ether oxygens (including phenoxy) is 1. The van der Waals surface area contributed by atoms with Crippen LogP contribution in [-0.4, -0.2) is 5.11 Å². The lowest BCUT2D eigenvalue weighted by molar-refractivity contribution is 0.198. The maximum atomic E-state index is 13.7. The first-order chi connectivity index (χ1) is 8.56. The van der Waals surface area contributed by atoms with Gasteiger partial charge in [-0.1, -0.05) is 23.8 Å². The Labute approximate surface area is 106 Å². The largest absolute Gasteiger partial charge is 0.454 e. The average molecular weight is 246 g/mol. The fourth-order valence-corrected chi connectivity index (χ4v) is 1.59. The molecule has 0 radical (unpaired) electrons. The van der Waals surface area contributed by atoms with Crippen molar-refractivity contribution < 1.29 is 14.2 Å². The number of aryl methyl sites for hydroxylation is 1. The lowest BCUT2D eigenvalue weighted by Gasteiger charge is -2.09. The van der Waals surface area contributed by atoms with Gasteiger partial charge >= 0.3 is 0 Å². The van der Waals surface area contributed by atoms with Crippen molar-refractivity contribution in [3.8, 4) is 11.5 Å². The lowest BCUT2D eigenvalue weighted by atomic mass is 10.1. The first kappa shape index (κ1) is 12.6. The zero-order valence-corrected chi connectivity index (χ0v) is 10.4. The van der Waals surface area contributed by atoms with Crippen LogP contribution in [0.3, 0.4) is 0 Å². The van der Waals surface area contributed by atoms with Gasteiger partial charge in [0.25, 0.3) is 0 Å². The van der Waals surface area contributed by atoms with Gasteiger partial charge in [0, 0.05) is 0 Å². The molecule has 0 aliphatic heterocycles. The van der Waals surface area contributed by atoms with E-state index in [2.05, 4.69) is 0 Å². The van der Waals surface area contributed by atoms with E-state index < -0.39 is 11.9 Å². The summed E-state index contributed by atoms with van der Waals surface area (Å²) >= 11 is 0. The predicted molar refractivity (Wildman–Crippen MR) is 68.3 cm³/mol. The van der Waals surface area contributed by atoms with Crippen molar-refractivity contribution in [2.45, 2.75) is 20.0 Å². The Morgan fingerprint density at radius 2 is 1.78 bits per heavy atom. The van der Waals surface area contributed by atoms with E-state index in [9.17, 15) is 9.50 Å². The highest BCUT2D eigenvalue weighted by atomic mass is 19.1. The molecule has 0 saturated heterocycles. The first-order valence-electron chi connectivity index (χ1n) is 5.78. The predicted octanol–water partition coefficient (Wildman–Crippen LogP) is 3.98. The van der Waals surface area contributed by atoms with Crippen molar-refractivity contribution in [1.82, 2.24) is 0 Å². The fourth-order valence-electron chi connectivity index (χ4n) is 1.59. The fraction of sp³-hybridized carbons (Fsp3) is 0.200. The molecule has 2 rings (SSSR count). The minimum absolute atomic E-state index is 0.156. The van der Waals surface area contributed by atoms with Crippen LogP contribution in [0.4, 0.5) is 4.39 Å². The van der Waals surface area contributed by atoms with Crippen molar-refractivity contribution in [1.29, 1.82) is 0 Å². The van der Waals surface area contributed by atoms with E-state index in [-0.39, 0.29) is 5.75 Å². The average Bonchev–Trinajstić information content (AvgIpc) is 2.34. The molecule has 0 aliphatic rings. The second-order valence-electron chi connectivity index (χ2n) is 4.28. The van der Waals surface area contributed by atoms with E-state index in [0.717, 1.165) is 5.56 Å². The molecule has 3 heteroatoms. The molecule has 94 valence electrons. The summed E-state index contributed by atoms with van der Waals surface area (Å²) in [5.41, 5.74) is 1.65. The van der Waals surface area contributed by atoms with Gasteiger partial charge in [0.15, 0.2) is 11.6 Å². The number of aliphatic hydroxyl groups excluding tert-OH is 1. The van der Waals surface area contributed by atoms with E-state index in [0.29, 0.717) is 11.3 Å². The van der Waals surface area contributed by atoms with Gasteiger partial charge in [-0.3, -0.25) is 0 Å². The molecule has 0 amide bonds. The molecule has 1 N–H and O–H groups in total. The summed E-state index contributed by atoms with van der Waals surface area (Å²) < 4.78 is 19.2. The SMILES string of the molecule is Cc1ccc(Oc2ccc([C@@H](C)O)cc2F)cc1. The Kier molecular flexibility index (Phi) is 3.63. The third kappa shape index (κ3) is 2.87. The van der Waals surface area contributed by atoms with Gasteiger partial charge < -0.3 is 9.84 Å². The molecule has 0 aromatic heterocycles. The molecule has 0 aliphatic carbocycles. The number of aliphatic hydroxyl groups is 1. The second kappa shape index (κ2) is 5.19. The monoisotopic (exact) mass is 246 g/mol. The highest BCUT2D eigenvalue weighted by Gasteiger charge is 2.08. The van der Waals surface area contributed by atoms with Crippen LogP contribution in [0.25, 0.3) is 0 Å². The molecule has 2 aromatic rings. The van der Waals surface area contributed by atoms with Crippen molar-refractivity contribution in [2.75, 3.05) is 0 Å². The lowest BCUT2D eigenvalue weighted by Crippen LogP contribution is -1.94. The normalized spacial score (nSPS) is 12.2. The number of rotatable bonds is 3. The van der Waals surface area contributed by atoms with Gasteiger partial charge in [-0.2, -0.15) is 0 Å². The van der Waals surface area contributed by atoms with Gasteiger partial charge in [0.05, 0.1) is 6.10 Å². The van der Waals surface area contributed by atoms with Crippen molar-refractivity contribution in [3.05, 3.63) is 59.4 Å². The number of hydrogen-bond donors (Lipinski definition) is 1. The smallest absolute Gasteiger partial charge is 0.166 e. The van der Waals surface area contributed by atoms with Crippen LogP contribution in [0.1, 0.15) is 24.2 Å². The molecule has 0 unspecified atom stereocenters. The van der Waals surface area contributed by atoms with Crippen LogP contribution in [0.15, 0.2) is 42.5 Å². The Hall–Kier alpha value is -1.87. The van der Waals surface area contributed by atoms with E-state index in [1.54, 1.807) is 25.1 Å². The molecular weight excluding hydrogens is 231 g/mol. The van der Waals surface area contributed by atoms with Crippen molar-refractivity contribution >= 4 is 0 Å². The van der Waals surface area contributed by atoms with Gasteiger partial charge in [-0.25, -0.2) is 4.39 Å². The zero-order chi connectivity index (χ0) is 13.1. The van der Waals surface area contributed by atoms with Crippen LogP contribution >= 0.6 is 0 Å². The van der Waals surface area contributed by atoms with Crippen LogP contribution in [-0.2, 0) is 0 Å². The molecule has 0 saturated carbocycles. The highest BCUT2D eigenvalue weighted by Crippen LogP contribution is 2.26. The number of hydrogen-bond acceptors (Lipinski definition) is 2. The Balaban J connectivity index is 2.22. The van der Waals surface area contributed by atoms with Gasteiger partial charge in [0.2, 0.25) is 0 Å². The topological polar surface area (TPSA) is 29.5 Å². The van der Waals surface area contributed by atoms with E-state index in [1.807, 2.05) is 19.1 Å². The molecule has 2 nitrogen and oxygen atoms in total. The molecule has 2 aromatic carbocycles. The Morgan fingerprint density at radius 3 is 2.33 bits per heavy atom. The number of benzene rings is 2. The van der Waals surface area contributed by atoms with Crippen LogP contribution < -0.4 is 4.74 Å². The summed E-state index contributed by atoms with van der Waals surface area (Å²) in [6.45, 7) is 3.57. The van der Waals surface area contributed by atoms with E-state index in [4.69, 9.17) is 4.74 Å². The molecule has 18 heavy (non-hydrogen) atoms. The molecule has 0 fully saturated rings. The quantitative estimate of drug-likeness (QED) is 0.887. The summed E-state index contributed by atoms with van der Waals surface area (Å²) in [6, 6.07) is 11.8. The molecular formula is C15H15FO2. The molecule has 0 spiro atoms. The minimum atomic E-state index is -0.687. The van der Waals surface area contributed by atoms with Crippen LogP contribution in [0.5, 0.6) is 11.5 Å². The second-order valence-corrected chi connectivity index (χ2v) is 4.28. The first-order valence-corrected chi connectivity index (χ1v) is 5.78. The minimum Gasteiger partial charge on any atom is -0.454 e. The summed E-state index contributed by atoms with van der Waals surface area (Å²) in [4.78, 5) is 0. The summed E-state index contributed by atoms with van der Waals surface area (Å²) in [5, 5.41) is 9.35. The molecule has 0 bridgehead atoms. The van der Waals surface area contributed by atoms with Gasteiger partial charge in [0.1, 0.15) is 5.75 Å². The molecule has 1 atom stereocenters. The van der Waals surface area contributed by atoms with Gasteiger partial charge in [-0.15, -0.1) is 0 Å². The Bertz CT molecular complexity index is 533. The third-order valence-corrected chi connectivity index (χ3v) is 2.69. The van der Waals surface area contributed by atoms with Crippen molar-refractivity contribution in [2.24, 2.45) is 0 Å². The van der Waals surface area contributed by atoms with Crippen LogP contribution in [0, 0.1) is 12.7 Å². The standard InChI is InChI=1S/C15H15FO2/c1-10-3-6-13(7-4-10)18-15-8-5-12(11(2)17)9-14(15)16/h3-9,11,17H,1-2H3/t11-/m1/s1.